The van der Waals surface area contributed by atoms with Crippen LogP contribution in [-0.4, -0.2) is 63.0 Å². The van der Waals surface area contributed by atoms with Gasteiger partial charge in [-0.05, 0) is 33.8 Å². The van der Waals surface area contributed by atoms with Crippen molar-refractivity contribution in [1.29, 1.82) is 0 Å². The van der Waals surface area contributed by atoms with Gasteiger partial charge in [-0.2, -0.15) is 5.10 Å². The zero-order valence-corrected chi connectivity index (χ0v) is 13.3. The van der Waals surface area contributed by atoms with E-state index in [1.807, 2.05) is 13.8 Å². The maximum atomic E-state index is 9.88. The lowest BCUT2D eigenvalue weighted by Crippen LogP contribution is -2.50. The van der Waals surface area contributed by atoms with E-state index in [-0.39, 0.29) is 0 Å². The van der Waals surface area contributed by atoms with Crippen molar-refractivity contribution in [2.24, 2.45) is 0 Å². The van der Waals surface area contributed by atoms with E-state index in [0.29, 0.717) is 0 Å². The standard InChI is InChI=1S/C15H28N4O/c1-5-19-14(10-13(2)16-19)11-17-6-8-18(9-7-17)12-15(3,4)20/h10,20H,5-9,11-12H2,1-4H3. The molecule has 2 rings (SSSR count). The lowest BCUT2D eigenvalue weighted by Gasteiger charge is -2.37. The monoisotopic (exact) mass is 280 g/mol. The molecule has 1 fully saturated rings. The summed E-state index contributed by atoms with van der Waals surface area (Å²) < 4.78 is 2.10. The summed E-state index contributed by atoms with van der Waals surface area (Å²) in [6.07, 6.45) is 0. The zero-order valence-electron chi connectivity index (χ0n) is 13.3. The Labute approximate surface area is 122 Å². The van der Waals surface area contributed by atoms with Crippen molar-refractivity contribution in [3.63, 3.8) is 0 Å². The van der Waals surface area contributed by atoms with Crippen LogP contribution >= 0.6 is 0 Å². The molecule has 0 atom stereocenters. The SMILES string of the molecule is CCn1nc(C)cc1CN1CCN(CC(C)(C)O)CC1. The molecular weight excluding hydrogens is 252 g/mol. The number of aromatic nitrogens is 2. The Morgan fingerprint density at radius 2 is 1.80 bits per heavy atom. The Kier molecular flexibility index (Phi) is 4.83. The molecule has 0 saturated carbocycles. The van der Waals surface area contributed by atoms with Gasteiger partial charge in [0.1, 0.15) is 0 Å². The number of hydrogen-bond donors (Lipinski definition) is 1. The van der Waals surface area contributed by atoms with Crippen LogP contribution in [0.15, 0.2) is 6.07 Å². The van der Waals surface area contributed by atoms with E-state index in [2.05, 4.69) is 39.5 Å². The largest absolute Gasteiger partial charge is 0.389 e. The molecule has 5 heteroatoms. The molecule has 1 aliphatic heterocycles. The van der Waals surface area contributed by atoms with Gasteiger partial charge in [0, 0.05) is 45.8 Å². The van der Waals surface area contributed by atoms with Crippen molar-refractivity contribution >= 4 is 0 Å². The highest BCUT2D eigenvalue weighted by Gasteiger charge is 2.23. The average molecular weight is 280 g/mol. The third kappa shape index (κ3) is 4.30. The maximum absolute atomic E-state index is 9.88. The number of aliphatic hydroxyl groups is 1. The first-order valence-electron chi connectivity index (χ1n) is 7.58. The second-order valence-corrected chi connectivity index (χ2v) is 6.46. The molecule has 1 aromatic heterocycles. The van der Waals surface area contributed by atoms with Crippen LogP contribution < -0.4 is 0 Å². The second kappa shape index (κ2) is 6.24. The molecule has 1 saturated heterocycles. The molecule has 0 aromatic carbocycles. The third-order valence-corrected chi connectivity index (χ3v) is 3.75. The van der Waals surface area contributed by atoms with Gasteiger partial charge in [-0.1, -0.05) is 0 Å². The van der Waals surface area contributed by atoms with Gasteiger partial charge in [0.15, 0.2) is 0 Å². The topological polar surface area (TPSA) is 44.5 Å². The van der Waals surface area contributed by atoms with Crippen LogP contribution in [-0.2, 0) is 13.1 Å². The summed E-state index contributed by atoms with van der Waals surface area (Å²) in [4.78, 5) is 4.82. The van der Waals surface area contributed by atoms with Crippen LogP contribution in [0.2, 0.25) is 0 Å². The van der Waals surface area contributed by atoms with Gasteiger partial charge in [0.25, 0.3) is 0 Å². The minimum atomic E-state index is -0.597. The van der Waals surface area contributed by atoms with Crippen LogP contribution in [0, 0.1) is 6.92 Å². The van der Waals surface area contributed by atoms with E-state index in [4.69, 9.17) is 0 Å². The number of β-amino-alcohol motifs (C(OH)–C–C–N with tert-alkyl or cyclic N) is 1. The van der Waals surface area contributed by atoms with Crippen LogP contribution in [0.25, 0.3) is 0 Å². The molecule has 0 bridgehead atoms. The first-order chi connectivity index (χ1) is 9.37. The summed E-state index contributed by atoms with van der Waals surface area (Å²) >= 11 is 0. The Hall–Kier alpha value is -0.910. The lowest BCUT2D eigenvalue weighted by molar-refractivity contribution is 0.0163. The van der Waals surface area contributed by atoms with Crippen molar-refractivity contribution in [3.05, 3.63) is 17.5 Å². The molecule has 1 aromatic rings. The van der Waals surface area contributed by atoms with Crippen molar-refractivity contribution in [2.45, 2.75) is 46.4 Å². The van der Waals surface area contributed by atoms with Gasteiger partial charge in [0.05, 0.1) is 17.0 Å². The summed E-state index contributed by atoms with van der Waals surface area (Å²) in [6.45, 7) is 14.8. The predicted octanol–water partition coefficient (Wildman–Crippen LogP) is 1.10. The van der Waals surface area contributed by atoms with E-state index in [9.17, 15) is 5.11 Å². The Morgan fingerprint density at radius 1 is 1.20 bits per heavy atom. The average Bonchev–Trinajstić information content (AvgIpc) is 2.70. The highest BCUT2D eigenvalue weighted by atomic mass is 16.3. The van der Waals surface area contributed by atoms with Gasteiger partial charge in [-0.15, -0.1) is 0 Å². The summed E-state index contributed by atoms with van der Waals surface area (Å²) in [5.41, 5.74) is 1.81. The van der Waals surface area contributed by atoms with Gasteiger partial charge >= 0.3 is 0 Å². The van der Waals surface area contributed by atoms with E-state index in [0.717, 1.165) is 51.5 Å². The maximum Gasteiger partial charge on any atom is 0.0718 e. The van der Waals surface area contributed by atoms with Gasteiger partial charge < -0.3 is 5.11 Å². The molecule has 20 heavy (non-hydrogen) atoms. The quantitative estimate of drug-likeness (QED) is 0.877. The van der Waals surface area contributed by atoms with Crippen molar-refractivity contribution in [1.82, 2.24) is 19.6 Å². The molecule has 0 aliphatic carbocycles. The molecule has 2 heterocycles. The summed E-state index contributed by atoms with van der Waals surface area (Å²) in [7, 11) is 0. The zero-order chi connectivity index (χ0) is 14.8. The number of nitrogens with zero attached hydrogens (tertiary/aromatic N) is 4. The minimum Gasteiger partial charge on any atom is -0.389 e. The molecule has 5 nitrogen and oxygen atoms in total. The smallest absolute Gasteiger partial charge is 0.0718 e. The number of hydrogen-bond acceptors (Lipinski definition) is 4. The highest BCUT2D eigenvalue weighted by molar-refractivity contribution is 5.09. The molecule has 1 aliphatic rings. The Balaban J connectivity index is 1.85. The van der Waals surface area contributed by atoms with Crippen molar-refractivity contribution < 1.29 is 5.11 Å². The predicted molar refractivity (Wildman–Crippen MR) is 80.7 cm³/mol. The molecule has 0 spiro atoms. The molecule has 0 unspecified atom stereocenters. The summed E-state index contributed by atoms with van der Waals surface area (Å²) in [5, 5.41) is 14.4. The number of aryl methyl sites for hydroxylation is 2. The van der Waals surface area contributed by atoms with Crippen LogP contribution in [0.3, 0.4) is 0 Å². The fourth-order valence-electron chi connectivity index (χ4n) is 2.88. The van der Waals surface area contributed by atoms with Gasteiger partial charge in [-0.3, -0.25) is 14.5 Å². The molecule has 114 valence electrons. The van der Waals surface area contributed by atoms with Crippen molar-refractivity contribution in [2.75, 3.05) is 32.7 Å². The lowest BCUT2D eigenvalue weighted by atomic mass is 10.1. The van der Waals surface area contributed by atoms with Crippen LogP contribution in [0.1, 0.15) is 32.2 Å². The Morgan fingerprint density at radius 3 is 2.35 bits per heavy atom. The summed E-state index contributed by atoms with van der Waals surface area (Å²) in [5.74, 6) is 0. The molecular formula is C15H28N4O. The first kappa shape index (κ1) is 15.5. The fourth-order valence-corrected chi connectivity index (χ4v) is 2.88. The third-order valence-electron chi connectivity index (χ3n) is 3.75. The Bertz CT molecular complexity index is 428. The second-order valence-electron chi connectivity index (χ2n) is 6.46. The molecule has 1 N–H and O–H groups in total. The summed E-state index contributed by atoms with van der Waals surface area (Å²) in [6, 6.07) is 2.19. The van der Waals surface area contributed by atoms with E-state index >= 15 is 0 Å². The normalized spacial score (nSPS) is 18.6. The fraction of sp³-hybridized carbons (Fsp3) is 0.800. The number of rotatable bonds is 5. The molecule has 0 radical (unpaired) electrons. The van der Waals surface area contributed by atoms with E-state index in [1.54, 1.807) is 0 Å². The van der Waals surface area contributed by atoms with E-state index < -0.39 is 5.60 Å². The highest BCUT2D eigenvalue weighted by Crippen LogP contribution is 2.12. The number of piperazine rings is 1. The van der Waals surface area contributed by atoms with Gasteiger partial charge in [0.2, 0.25) is 0 Å². The first-order valence-corrected chi connectivity index (χ1v) is 7.58. The van der Waals surface area contributed by atoms with Crippen molar-refractivity contribution in [3.8, 4) is 0 Å². The van der Waals surface area contributed by atoms with Gasteiger partial charge in [-0.25, -0.2) is 0 Å². The van der Waals surface area contributed by atoms with Crippen LogP contribution in [0.5, 0.6) is 0 Å². The molecule has 0 amide bonds. The van der Waals surface area contributed by atoms with E-state index in [1.165, 1.54) is 5.69 Å². The van der Waals surface area contributed by atoms with Crippen LogP contribution in [0.4, 0.5) is 0 Å². The minimum absolute atomic E-state index is 0.597.